The van der Waals surface area contributed by atoms with Crippen LogP contribution in [-0.4, -0.2) is 66.0 Å². The van der Waals surface area contributed by atoms with Gasteiger partial charge >= 0.3 is 5.97 Å². The van der Waals surface area contributed by atoms with E-state index in [-0.39, 0.29) is 23.3 Å². The molecule has 1 aromatic carbocycles. The Kier molecular flexibility index (Phi) is 5.98. The summed E-state index contributed by atoms with van der Waals surface area (Å²) in [5, 5.41) is 8.88. The average molecular weight is 386 g/mol. The molecule has 0 atom stereocenters. The number of methoxy groups -OCH3 is 1. The molecule has 1 aromatic heterocycles. The van der Waals surface area contributed by atoms with E-state index >= 15 is 0 Å². The third-order valence-corrected chi connectivity index (χ3v) is 4.73. The summed E-state index contributed by atoms with van der Waals surface area (Å²) >= 11 is 0. The summed E-state index contributed by atoms with van der Waals surface area (Å²) in [4.78, 5) is 39.0. The van der Waals surface area contributed by atoms with Gasteiger partial charge in [0.15, 0.2) is 5.76 Å². The van der Waals surface area contributed by atoms with Crippen molar-refractivity contribution in [1.82, 2.24) is 9.80 Å². The summed E-state index contributed by atoms with van der Waals surface area (Å²) in [7, 11) is 1.61. The quantitative estimate of drug-likeness (QED) is 0.814. The highest BCUT2D eigenvalue weighted by atomic mass is 16.5. The lowest BCUT2D eigenvalue weighted by Gasteiger charge is -2.34. The molecule has 1 fully saturated rings. The third kappa shape index (κ3) is 4.51. The van der Waals surface area contributed by atoms with Crippen molar-refractivity contribution in [3.05, 3.63) is 53.5 Å². The number of carboxylic acid groups (broad SMARTS) is 1. The summed E-state index contributed by atoms with van der Waals surface area (Å²) in [6, 6.07) is 10.2. The zero-order chi connectivity index (χ0) is 20.1. The molecule has 2 heterocycles. The van der Waals surface area contributed by atoms with Gasteiger partial charge in [0.2, 0.25) is 11.7 Å². The van der Waals surface area contributed by atoms with E-state index in [0.717, 1.165) is 11.3 Å². The van der Waals surface area contributed by atoms with Gasteiger partial charge in [-0.05, 0) is 36.2 Å². The van der Waals surface area contributed by atoms with E-state index in [1.54, 1.807) is 16.9 Å². The van der Waals surface area contributed by atoms with E-state index in [4.69, 9.17) is 14.3 Å². The number of ether oxygens (including phenoxy) is 1. The first-order chi connectivity index (χ1) is 13.5. The highest BCUT2D eigenvalue weighted by molar-refractivity contribution is 5.93. The Bertz CT molecular complexity index is 850. The minimum absolute atomic E-state index is 0.00307. The lowest BCUT2D eigenvalue weighted by molar-refractivity contribution is -0.132. The van der Waals surface area contributed by atoms with Crippen molar-refractivity contribution in [2.75, 3.05) is 33.3 Å². The minimum Gasteiger partial charge on any atom is -0.497 e. The zero-order valence-electron chi connectivity index (χ0n) is 15.6. The minimum atomic E-state index is -1.22. The predicted octanol–water partition coefficient (Wildman–Crippen LogP) is 1.90. The van der Waals surface area contributed by atoms with Gasteiger partial charge in [0.1, 0.15) is 5.75 Å². The summed E-state index contributed by atoms with van der Waals surface area (Å²) in [6.45, 7) is 1.66. The molecule has 28 heavy (non-hydrogen) atoms. The fourth-order valence-electron chi connectivity index (χ4n) is 3.08. The zero-order valence-corrected chi connectivity index (χ0v) is 15.6. The lowest BCUT2D eigenvalue weighted by atomic mass is 10.1. The number of nitrogens with zero attached hydrogens (tertiary/aromatic N) is 2. The van der Waals surface area contributed by atoms with Crippen LogP contribution in [0.15, 0.2) is 40.8 Å². The van der Waals surface area contributed by atoms with Gasteiger partial charge in [-0.25, -0.2) is 4.79 Å². The van der Waals surface area contributed by atoms with Crippen LogP contribution in [0.5, 0.6) is 5.75 Å². The SMILES string of the molecule is COc1ccc(CCC(=O)N2CCN(C(=O)c3ccc(C(=O)O)o3)CC2)cc1. The molecule has 0 unspecified atom stereocenters. The molecular weight excluding hydrogens is 364 g/mol. The summed E-state index contributed by atoms with van der Waals surface area (Å²) in [5.41, 5.74) is 1.06. The van der Waals surface area contributed by atoms with Gasteiger partial charge in [0.05, 0.1) is 7.11 Å². The predicted molar refractivity (Wildman–Crippen MR) is 99.5 cm³/mol. The van der Waals surface area contributed by atoms with Gasteiger partial charge in [0.25, 0.3) is 5.91 Å². The van der Waals surface area contributed by atoms with E-state index in [1.165, 1.54) is 12.1 Å². The molecule has 1 N–H and O–H groups in total. The van der Waals surface area contributed by atoms with Crippen LogP contribution in [0.3, 0.4) is 0 Å². The van der Waals surface area contributed by atoms with E-state index in [1.807, 2.05) is 24.3 Å². The summed E-state index contributed by atoms with van der Waals surface area (Å²) < 4.78 is 10.2. The van der Waals surface area contributed by atoms with Crippen LogP contribution in [-0.2, 0) is 11.2 Å². The average Bonchev–Trinajstić information content (AvgIpc) is 3.22. The van der Waals surface area contributed by atoms with Crippen molar-refractivity contribution >= 4 is 17.8 Å². The summed E-state index contributed by atoms with van der Waals surface area (Å²) in [5.74, 6) is -1.02. The number of carboxylic acids is 1. The van der Waals surface area contributed by atoms with Crippen molar-refractivity contribution in [2.45, 2.75) is 12.8 Å². The summed E-state index contributed by atoms with van der Waals surface area (Å²) in [6.07, 6.45) is 1.05. The molecule has 1 aliphatic rings. The fraction of sp³-hybridized carbons (Fsp3) is 0.350. The first-order valence-corrected chi connectivity index (χ1v) is 9.01. The van der Waals surface area contributed by atoms with Crippen molar-refractivity contribution in [1.29, 1.82) is 0 Å². The van der Waals surface area contributed by atoms with Crippen LogP contribution < -0.4 is 4.74 Å². The van der Waals surface area contributed by atoms with Crippen molar-refractivity contribution < 1.29 is 28.6 Å². The highest BCUT2D eigenvalue weighted by Crippen LogP contribution is 2.15. The first kappa shape index (κ1) is 19.5. The van der Waals surface area contributed by atoms with Crippen LogP contribution in [0.4, 0.5) is 0 Å². The number of rotatable bonds is 6. The Labute approximate surface area is 162 Å². The van der Waals surface area contributed by atoms with E-state index < -0.39 is 5.97 Å². The monoisotopic (exact) mass is 386 g/mol. The molecule has 8 heteroatoms. The standard InChI is InChI=1S/C20H22N2O6/c1-27-15-5-2-14(3-6-15)4-9-18(23)21-10-12-22(13-11-21)19(24)16-7-8-17(28-16)20(25)26/h2-3,5-8H,4,9-13H2,1H3,(H,25,26). The number of aromatic carboxylic acids is 1. The molecule has 1 aliphatic heterocycles. The number of aryl methyl sites for hydroxylation is 1. The second kappa shape index (κ2) is 8.60. The van der Waals surface area contributed by atoms with Crippen molar-refractivity contribution in [3.8, 4) is 5.75 Å². The van der Waals surface area contributed by atoms with Crippen molar-refractivity contribution in [2.24, 2.45) is 0 Å². The van der Waals surface area contributed by atoms with Gasteiger partial charge in [-0.1, -0.05) is 12.1 Å². The number of benzene rings is 1. The normalized spacial score (nSPS) is 14.0. The van der Waals surface area contributed by atoms with Crippen LogP contribution in [0.25, 0.3) is 0 Å². The Balaban J connectivity index is 1.47. The van der Waals surface area contributed by atoms with Crippen LogP contribution in [0, 0.1) is 0 Å². The van der Waals surface area contributed by atoms with Crippen LogP contribution in [0.1, 0.15) is 33.1 Å². The number of furan rings is 1. The van der Waals surface area contributed by atoms with Crippen LogP contribution >= 0.6 is 0 Å². The maximum atomic E-state index is 12.4. The Morgan fingerprint density at radius 3 is 2.14 bits per heavy atom. The molecular formula is C20H22N2O6. The van der Waals surface area contributed by atoms with Gasteiger partial charge in [0, 0.05) is 32.6 Å². The maximum Gasteiger partial charge on any atom is 0.371 e. The van der Waals surface area contributed by atoms with E-state index in [0.29, 0.717) is 39.0 Å². The smallest absolute Gasteiger partial charge is 0.371 e. The Hall–Kier alpha value is -3.29. The molecule has 0 aliphatic carbocycles. The second-order valence-electron chi connectivity index (χ2n) is 6.49. The number of piperazine rings is 1. The fourth-order valence-corrected chi connectivity index (χ4v) is 3.08. The van der Waals surface area contributed by atoms with E-state index in [9.17, 15) is 14.4 Å². The number of carbonyl (C=O) groups excluding carboxylic acids is 2. The van der Waals surface area contributed by atoms with Gasteiger partial charge < -0.3 is 24.1 Å². The number of amides is 2. The molecule has 8 nitrogen and oxygen atoms in total. The molecule has 0 bridgehead atoms. The Morgan fingerprint density at radius 2 is 1.57 bits per heavy atom. The lowest BCUT2D eigenvalue weighted by Crippen LogP contribution is -2.50. The molecule has 0 spiro atoms. The van der Waals surface area contributed by atoms with E-state index in [2.05, 4.69) is 0 Å². The van der Waals surface area contributed by atoms with Gasteiger partial charge in [-0.2, -0.15) is 0 Å². The van der Waals surface area contributed by atoms with Gasteiger partial charge in [-0.15, -0.1) is 0 Å². The topological polar surface area (TPSA) is 100 Å². The number of carbonyl (C=O) groups is 3. The van der Waals surface area contributed by atoms with Crippen LogP contribution in [0.2, 0.25) is 0 Å². The maximum absolute atomic E-state index is 12.4. The molecule has 1 saturated heterocycles. The number of hydrogen-bond acceptors (Lipinski definition) is 5. The third-order valence-electron chi connectivity index (χ3n) is 4.73. The Morgan fingerprint density at radius 1 is 0.964 bits per heavy atom. The largest absolute Gasteiger partial charge is 0.497 e. The van der Waals surface area contributed by atoms with Gasteiger partial charge in [-0.3, -0.25) is 9.59 Å². The first-order valence-electron chi connectivity index (χ1n) is 9.01. The number of hydrogen-bond donors (Lipinski definition) is 1. The molecule has 2 aromatic rings. The molecule has 0 radical (unpaired) electrons. The molecule has 2 amide bonds. The molecule has 0 saturated carbocycles. The molecule has 3 rings (SSSR count). The second-order valence-corrected chi connectivity index (χ2v) is 6.49. The highest BCUT2D eigenvalue weighted by Gasteiger charge is 2.26. The van der Waals surface area contributed by atoms with Crippen molar-refractivity contribution in [3.63, 3.8) is 0 Å². The molecule has 148 valence electrons.